The highest BCUT2D eigenvalue weighted by Gasteiger charge is 2.52. The van der Waals surface area contributed by atoms with Crippen molar-refractivity contribution in [1.82, 2.24) is 4.57 Å². The average molecular weight is 773 g/mol. The van der Waals surface area contributed by atoms with Crippen molar-refractivity contribution in [2.75, 3.05) is 4.90 Å². The van der Waals surface area contributed by atoms with Gasteiger partial charge in [-0.25, -0.2) is 0 Å². The van der Waals surface area contributed by atoms with Crippen LogP contribution in [0.3, 0.4) is 0 Å². The maximum Gasteiger partial charge on any atom is 0.171 e. The molecule has 0 atom stereocenters. The first-order chi connectivity index (χ1) is 29.2. The summed E-state index contributed by atoms with van der Waals surface area (Å²) in [6.45, 7) is 0. The highest BCUT2D eigenvalue weighted by Crippen LogP contribution is 2.64. The van der Waals surface area contributed by atoms with Crippen molar-refractivity contribution in [3.8, 4) is 16.8 Å². The van der Waals surface area contributed by atoms with Crippen LogP contribution >= 0.6 is 7.14 Å². The van der Waals surface area contributed by atoms with Gasteiger partial charge in [-0.2, -0.15) is 0 Å². The molecule has 0 bridgehead atoms. The largest absolute Gasteiger partial charge is 0.310 e. The minimum atomic E-state index is -3.13. The summed E-state index contributed by atoms with van der Waals surface area (Å²) in [4.78, 5) is 2.43. The van der Waals surface area contributed by atoms with Gasteiger partial charge in [0, 0.05) is 38.1 Å². The van der Waals surface area contributed by atoms with E-state index in [0.717, 1.165) is 38.3 Å². The molecule has 0 saturated carbocycles. The van der Waals surface area contributed by atoms with Crippen LogP contribution in [0.1, 0.15) is 22.3 Å². The quantitative estimate of drug-likeness (QED) is 0.163. The lowest BCUT2D eigenvalue weighted by Gasteiger charge is -2.45. The van der Waals surface area contributed by atoms with Gasteiger partial charge >= 0.3 is 0 Å². The normalized spacial score (nSPS) is 13.6. The lowest BCUT2D eigenvalue weighted by Crippen LogP contribution is -2.36. The van der Waals surface area contributed by atoms with Crippen LogP contribution in [-0.2, 0) is 9.98 Å². The maximum absolute atomic E-state index is 15.3. The van der Waals surface area contributed by atoms with Crippen molar-refractivity contribution in [3.05, 3.63) is 247 Å². The summed E-state index contributed by atoms with van der Waals surface area (Å²) in [5.41, 5.74) is 13.9. The fourth-order valence-corrected chi connectivity index (χ4v) is 12.9. The van der Waals surface area contributed by atoms with E-state index in [4.69, 9.17) is 0 Å². The Morgan fingerprint density at radius 1 is 0.356 bits per heavy atom. The molecular formula is C55H37N2OP. The molecule has 2 heterocycles. The fraction of sp³-hybridized carbons (Fsp3) is 0.0182. The minimum Gasteiger partial charge on any atom is -0.310 e. The second-order valence-electron chi connectivity index (χ2n) is 15.6. The second-order valence-corrected chi connectivity index (χ2v) is 18.3. The standard InChI is InChI=1S/C55H37N2OP/c58-59(40-20-6-2-7-21-40,41-22-8-3-9-23-41)42-34-32-39(33-35-42)56-51-29-15-11-25-44(51)46-36-50-45(37-54(46)56)43-24-10-12-26-47(43)55(50)48-27-13-16-30-52(48)57(38-18-4-1-5-19-38)53-31-17-14-28-49(53)55/h1-37H. The number of fused-ring (bicyclic) bond motifs is 12. The van der Waals surface area contributed by atoms with Crippen molar-refractivity contribution in [1.29, 1.82) is 0 Å². The Hall–Kier alpha value is -7.19. The van der Waals surface area contributed by atoms with Crippen LogP contribution in [0.25, 0.3) is 38.6 Å². The van der Waals surface area contributed by atoms with Crippen LogP contribution in [0.4, 0.5) is 17.1 Å². The van der Waals surface area contributed by atoms with E-state index in [-0.39, 0.29) is 0 Å². The van der Waals surface area contributed by atoms with Crippen molar-refractivity contribution in [3.63, 3.8) is 0 Å². The van der Waals surface area contributed by atoms with Crippen LogP contribution in [0.5, 0.6) is 0 Å². The highest BCUT2D eigenvalue weighted by atomic mass is 31.2. The molecule has 9 aromatic carbocycles. The van der Waals surface area contributed by atoms with Gasteiger partial charge in [0.1, 0.15) is 0 Å². The number of para-hydroxylation sites is 4. The van der Waals surface area contributed by atoms with E-state index in [9.17, 15) is 0 Å². The zero-order valence-corrected chi connectivity index (χ0v) is 33.0. The minimum absolute atomic E-state index is 0.542. The van der Waals surface area contributed by atoms with Crippen LogP contribution in [-0.4, -0.2) is 4.57 Å². The van der Waals surface area contributed by atoms with E-state index >= 15 is 4.57 Å². The van der Waals surface area contributed by atoms with Gasteiger partial charge in [-0.3, -0.25) is 0 Å². The molecule has 0 amide bonds. The number of hydrogen-bond acceptors (Lipinski definition) is 2. The third-order valence-corrected chi connectivity index (χ3v) is 15.7. The summed E-state index contributed by atoms with van der Waals surface area (Å²) in [5.74, 6) is 0. The van der Waals surface area contributed by atoms with Crippen LogP contribution in [0.15, 0.2) is 224 Å². The molecule has 0 radical (unpaired) electrons. The molecule has 1 aliphatic carbocycles. The number of aromatic nitrogens is 1. The Labute approximate surface area is 343 Å². The van der Waals surface area contributed by atoms with Gasteiger partial charge in [-0.05, 0) is 100 Å². The smallest absolute Gasteiger partial charge is 0.171 e. The maximum atomic E-state index is 15.3. The van der Waals surface area contributed by atoms with E-state index in [1.165, 1.54) is 55.5 Å². The molecule has 2 aliphatic rings. The van der Waals surface area contributed by atoms with Gasteiger partial charge in [0.15, 0.2) is 7.14 Å². The fourth-order valence-electron chi connectivity index (χ4n) is 10.2. The van der Waals surface area contributed by atoms with E-state index in [1.807, 2.05) is 60.7 Å². The molecule has 3 nitrogen and oxygen atoms in total. The van der Waals surface area contributed by atoms with Gasteiger partial charge < -0.3 is 14.0 Å². The first-order valence-electron chi connectivity index (χ1n) is 20.2. The summed E-state index contributed by atoms with van der Waals surface area (Å²) in [6.07, 6.45) is 0. The molecule has 0 fully saturated rings. The zero-order chi connectivity index (χ0) is 39.1. The van der Waals surface area contributed by atoms with Gasteiger partial charge in [0.05, 0.1) is 27.8 Å². The molecule has 10 aromatic rings. The van der Waals surface area contributed by atoms with Crippen LogP contribution < -0.4 is 20.8 Å². The first-order valence-corrected chi connectivity index (χ1v) is 21.9. The number of rotatable bonds is 5. The number of nitrogens with zero attached hydrogens (tertiary/aromatic N) is 2. The molecule has 0 N–H and O–H groups in total. The molecule has 0 saturated heterocycles. The van der Waals surface area contributed by atoms with E-state index in [2.05, 4.69) is 173 Å². The van der Waals surface area contributed by atoms with Crippen molar-refractivity contribution in [2.24, 2.45) is 0 Å². The third kappa shape index (κ3) is 4.68. The first kappa shape index (κ1) is 33.9. The van der Waals surface area contributed by atoms with E-state index in [1.54, 1.807) is 0 Å². The molecule has 12 rings (SSSR count). The Morgan fingerprint density at radius 3 is 1.51 bits per heavy atom. The van der Waals surface area contributed by atoms with E-state index < -0.39 is 12.6 Å². The third-order valence-electron chi connectivity index (χ3n) is 12.7. The van der Waals surface area contributed by atoms with Gasteiger partial charge in [0.2, 0.25) is 0 Å². The summed E-state index contributed by atoms with van der Waals surface area (Å²) in [5, 5.41) is 4.88. The molecule has 0 unspecified atom stereocenters. The summed E-state index contributed by atoms with van der Waals surface area (Å²) in [7, 11) is -3.13. The molecule has 4 heteroatoms. The highest BCUT2D eigenvalue weighted by molar-refractivity contribution is 7.85. The Balaban J connectivity index is 1.11. The Kier molecular flexibility index (Phi) is 7.42. The SMILES string of the molecule is O=P(c1ccccc1)(c1ccccc1)c1ccc(-n2c3ccccc3c3cc4c(cc32)-c2ccccc2C42c3ccccc3N(c3ccccc3)c3ccccc32)cc1. The van der Waals surface area contributed by atoms with Crippen molar-refractivity contribution in [2.45, 2.75) is 5.41 Å². The lowest BCUT2D eigenvalue weighted by atomic mass is 9.64. The molecular weight excluding hydrogens is 736 g/mol. The van der Waals surface area contributed by atoms with Gasteiger partial charge in [-0.1, -0.05) is 158 Å². The summed E-state index contributed by atoms with van der Waals surface area (Å²) in [6, 6.07) is 79.6. The second kappa shape index (κ2) is 12.9. The topological polar surface area (TPSA) is 25.2 Å². The summed E-state index contributed by atoms with van der Waals surface area (Å²) >= 11 is 0. The van der Waals surface area contributed by atoms with Crippen molar-refractivity contribution < 1.29 is 4.57 Å². The molecule has 1 aromatic heterocycles. The zero-order valence-electron chi connectivity index (χ0n) is 32.1. The number of benzene rings is 9. The van der Waals surface area contributed by atoms with Crippen molar-refractivity contribution >= 4 is 61.9 Å². The predicted octanol–water partition coefficient (Wildman–Crippen LogP) is 12.6. The molecule has 1 spiro atoms. The average Bonchev–Trinajstić information content (AvgIpc) is 3.79. The molecule has 278 valence electrons. The Bertz CT molecular complexity index is 3210. The Morgan fingerprint density at radius 2 is 0.864 bits per heavy atom. The molecule has 59 heavy (non-hydrogen) atoms. The summed E-state index contributed by atoms with van der Waals surface area (Å²) < 4.78 is 17.7. The predicted molar refractivity (Wildman–Crippen MR) is 246 cm³/mol. The number of anilines is 3. The number of hydrogen-bond donors (Lipinski definition) is 0. The van der Waals surface area contributed by atoms with Gasteiger partial charge in [-0.15, -0.1) is 0 Å². The lowest BCUT2D eigenvalue weighted by molar-refractivity contribution is 0.592. The van der Waals surface area contributed by atoms with Crippen LogP contribution in [0, 0.1) is 0 Å². The van der Waals surface area contributed by atoms with Gasteiger partial charge in [0.25, 0.3) is 0 Å². The van der Waals surface area contributed by atoms with Crippen LogP contribution in [0.2, 0.25) is 0 Å². The molecule has 1 aliphatic heterocycles. The van der Waals surface area contributed by atoms with E-state index in [0.29, 0.717) is 0 Å². The monoisotopic (exact) mass is 772 g/mol.